The Morgan fingerprint density at radius 2 is 1.94 bits per heavy atom. The summed E-state index contributed by atoms with van der Waals surface area (Å²) in [5.41, 5.74) is 6.81. The zero-order chi connectivity index (χ0) is 12.5. The standard InChI is InChI=1S/C14H19N3O/c1-17(11-8-6-10(15)7-9-11)14-12-4-2-3-5-13(12)18-16-14/h2-5,10-11H,6-9,15H2,1H3. The molecule has 18 heavy (non-hydrogen) atoms. The molecule has 0 unspecified atom stereocenters. The summed E-state index contributed by atoms with van der Waals surface area (Å²) in [5.74, 6) is 0.950. The fourth-order valence-electron chi connectivity index (χ4n) is 2.79. The first kappa shape index (κ1) is 11.5. The first-order chi connectivity index (χ1) is 8.75. The van der Waals surface area contributed by atoms with Gasteiger partial charge < -0.3 is 15.2 Å². The lowest BCUT2D eigenvalue weighted by Crippen LogP contribution is -2.38. The summed E-state index contributed by atoms with van der Waals surface area (Å²) in [6.07, 6.45) is 4.48. The summed E-state index contributed by atoms with van der Waals surface area (Å²) in [6, 6.07) is 8.91. The third-order valence-electron chi connectivity index (χ3n) is 3.98. The molecule has 4 heteroatoms. The Labute approximate surface area is 107 Å². The monoisotopic (exact) mass is 245 g/mol. The number of hydrogen-bond acceptors (Lipinski definition) is 4. The van der Waals surface area contributed by atoms with Gasteiger partial charge in [0.05, 0.1) is 5.39 Å². The van der Waals surface area contributed by atoms with Crippen molar-refractivity contribution in [2.45, 2.75) is 37.8 Å². The van der Waals surface area contributed by atoms with Gasteiger partial charge in [-0.2, -0.15) is 0 Å². The Kier molecular flexibility index (Phi) is 2.96. The van der Waals surface area contributed by atoms with Crippen LogP contribution in [0.1, 0.15) is 25.7 Å². The highest BCUT2D eigenvalue weighted by Gasteiger charge is 2.24. The fraction of sp³-hybridized carbons (Fsp3) is 0.500. The van der Waals surface area contributed by atoms with Crippen molar-refractivity contribution < 1.29 is 4.52 Å². The third kappa shape index (κ3) is 1.97. The van der Waals surface area contributed by atoms with E-state index in [2.05, 4.69) is 23.2 Å². The molecule has 1 fully saturated rings. The predicted molar refractivity (Wildman–Crippen MR) is 72.6 cm³/mol. The molecule has 0 radical (unpaired) electrons. The zero-order valence-corrected chi connectivity index (χ0v) is 10.7. The van der Waals surface area contributed by atoms with Gasteiger partial charge in [0.2, 0.25) is 0 Å². The Hall–Kier alpha value is -1.55. The maximum Gasteiger partial charge on any atom is 0.179 e. The maximum absolute atomic E-state index is 5.95. The van der Waals surface area contributed by atoms with E-state index in [9.17, 15) is 0 Å². The van der Waals surface area contributed by atoms with Gasteiger partial charge in [0.25, 0.3) is 0 Å². The summed E-state index contributed by atoms with van der Waals surface area (Å²) in [6.45, 7) is 0. The highest BCUT2D eigenvalue weighted by atomic mass is 16.5. The van der Waals surface area contributed by atoms with Gasteiger partial charge in [-0.05, 0) is 37.8 Å². The van der Waals surface area contributed by atoms with Crippen LogP contribution in [0.2, 0.25) is 0 Å². The summed E-state index contributed by atoms with van der Waals surface area (Å²) in [4.78, 5) is 2.25. The normalized spacial score (nSPS) is 24.3. The van der Waals surface area contributed by atoms with Gasteiger partial charge >= 0.3 is 0 Å². The van der Waals surface area contributed by atoms with Crippen molar-refractivity contribution in [2.75, 3.05) is 11.9 Å². The summed E-state index contributed by atoms with van der Waals surface area (Å²) < 4.78 is 5.37. The van der Waals surface area contributed by atoms with Crippen molar-refractivity contribution in [3.05, 3.63) is 24.3 Å². The van der Waals surface area contributed by atoms with Crippen molar-refractivity contribution in [1.29, 1.82) is 0 Å². The molecular weight excluding hydrogens is 226 g/mol. The number of anilines is 1. The number of rotatable bonds is 2. The molecule has 0 atom stereocenters. The van der Waals surface area contributed by atoms with Crippen molar-refractivity contribution in [1.82, 2.24) is 5.16 Å². The first-order valence-corrected chi connectivity index (χ1v) is 6.58. The molecule has 3 rings (SSSR count). The van der Waals surface area contributed by atoms with Crippen LogP contribution in [-0.4, -0.2) is 24.3 Å². The van der Waals surface area contributed by atoms with Gasteiger partial charge in [-0.3, -0.25) is 0 Å². The molecule has 1 aliphatic carbocycles. The molecule has 0 bridgehead atoms. The van der Waals surface area contributed by atoms with E-state index in [4.69, 9.17) is 10.3 Å². The van der Waals surface area contributed by atoms with Crippen LogP contribution in [0.25, 0.3) is 11.0 Å². The highest BCUT2D eigenvalue weighted by Crippen LogP contribution is 2.30. The van der Waals surface area contributed by atoms with E-state index in [0.29, 0.717) is 12.1 Å². The Bertz CT molecular complexity index is 529. The van der Waals surface area contributed by atoms with Crippen molar-refractivity contribution in [2.24, 2.45) is 5.73 Å². The number of nitrogens with two attached hydrogens (primary N) is 1. The minimum atomic E-state index is 0.378. The number of aromatic nitrogens is 1. The number of nitrogens with zero attached hydrogens (tertiary/aromatic N) is 2. The van der Waals surface area contributed by atoms with Gasteiger partial charge in [0.15, 0.2) is 11.4 Å². The van der Waals surface area contributed by atoms with E-state index in [-0.39, 0.29) is 0 Å². The van der Waals surface area contributed by atoms with Crippen LogP contribution in [0.4, 0.5) is 5.82 Å². The summed E-state index contributed by atoms with van der Waals surface area (Å²) in [7, 11) is 2.10. The zero-order valence-electron chi connectivity index (χ0n) is 10.7. The molecule has 4 nitrogen and oxygen atoms in total. The third-order valence-corrected chi connectivity index (χ3v) is 3.98. The van der Waals surface area contributed by atoms with Crippen molar-refractivity contribution in [3.63, 3.8) is 0 Å². The lowest BCUT2D eigenvalue weighted by atomic mass is 9.91. The van der Waals surface area contributed by atoms with Crippen LogP contribution in [0.15, 0.2) is 28.8 Å². The average Bonchev–Trinajstić information content (AvgIpc) is 2.82. The van der Waals surface area contributed by atoms with Gasteiger partial charge in [0.1, 0.15) is 0 Å². The molecule has 1 saturated carbocycles. The minimum absolute atomic E-state index is 0.378. The molecular formula is C14H19N3O. The Morgan fingerprint density at radius 1 is 1.22 bits per heavy atom. The van der Waals surface area contributed by atoms with E-state index in [1.165, 1.54) is 0 Å². The molecule has 0 spiro atoms. The second kappa shape index (κ2) is 4.61. The van der Waals surface area contributed by atoms with Gasteiger partial charge in [-0.25, -0.2) is 0 Å². The van der Waals surface area contributed by atoms with E-state index in [1.807, 2.05) is 18.2 Å². The minimum Gasteiger partial charge on any atom is -0.354 e. The molecule has 0 amide bonds. The second-order valence-electron chi connectivity index (χ2n) is 5.18. The van der Waals surface area contributed by atoms with Crippen LogP contribution in [0.3, 0.4) is 0 Å². The SMILES string of the molecule is CN(c1noc2ccccc12)C1CCC(N)CC1. The molecule has 2 aromatic rings. The average molecular weight is 245 g/mol. The number of fused-ring (bicyclic) bond motifs is 1. The lowest BCUT2D eigenvalue weighted by Gasteiger charge is -2.33. The first-order valence-electron chi connectivity index (χ1n) is 6.58. The summed E-state index contributed by atoms with van der Waals surface area (Å²) in [5, 5.41) is 5.30. The van der Waals surface area contributed by atoms with E-state index in [1.54, 1.807) is 0 Å². The highest BCUT2D eigenvalue weighted by molar-refractivity contribution is 5.88. The molecule has 2 N–H and O–H groups in total. The van der Waals surface area contributed by atoms with Crippen LogP contribution >= 0.6 is 0 Å². The van der Waals surface area contributed by atoms with E-state index in [0.717, 1.165) is 42.5 Å². The van der Waals surface area contributed by atoms with Crippen LogP contribution in [-0.2, 0) is 0 Å². The van der Waals surface area contributed by atoms with Gasteiger partial charge in [-0.15, -0.1) is 0 Å². The molecule has 96 valence electrons. The summed E-state index contributed by atoms with van der Waals surface area (Å²) >= 11 is 0. The second-order valence-corrected chi connectivity index (χ2v) is 5.18. The largest absolute Gasteiger partial charge is 0.354 e. The van der Waals surface area contributed by atoms with Crippen LogP contribution in [0.5, 0.6) is 0 Å². The van der Waals surface area contributed by atoms with Gasteiger partial charge in [0, 0.05) is 19.1 Å². The smallest absolute Gasteiger partial charge is 0.179 e. The topological polar surface area (TPSA) is 55.3 Å². The van der Waals surface area contributed by atoms with E-state index >= 15 is 0 Å². The fourth-order valence-corrected chi connectivity index (χ4v) is 2.79. The number of benzene rings is 1. The molecule has 1 aromatic carbocycles. The van der Waals surface area contributed by atoms with E-state index < -0.39 is 0 Å². The van der Waals surface area contributed by atoms with Crippen molar-refractivity contribution in [3.8, 4) is 0 Å². The van der Waals surface area contributed by atoms with Crippen molar-refractivity contribution >= 4 is 16.8 Å². The quantitative estimate of drug-likeness (QED) is 0.883. The van der Waals surface area contributed by atoms with Crippen LogP contribution in [0, 0.1) is 0 Å². The molecule has 1 aromatic heterocycles. The predicted octanol–water partition coefficient (Wildman–Crippen LogP) is 2.53. The van der Waals surface area contributed by atoms with Gasteiger partial charge in [-0.1, -0.05) is 17.3 Å². The molecule has 1 heterocycles. The number of para-hydroxylation sites is 1. The molecule has 0 aliphatic heterocycles. The molecule has 0 saturated heterocycles. The molecule has 1 aliphatic rings. The Balaban J connectivity index is 1.85. The lowest BCUT2D eigenvalue weighted by molar-refractivity contribution is 0.378. The maximum atomic E-state index is 5.95. The Morgan fingerprint density at radius 3 is 2.72 bits per heavy atom. The number of hydrogen-bond donors (Lipinski definition) is 1. The van der Waals surface area contributed by atoms with Crippen LogP contribution < -0.4 is 10.6 Å².